The SMILES string of the molecule is N#Cc1cc(Cl)ccc1Nc1cccc2ccccc12. The fourth-order valence-corrected chi connectivity index (χ4v) is 2.37. The van der Waals surface area contributed by atoms with Gasteiger partial charge in [-0.25, -0.2) is 0 Å². The van der Waals surface area contributed by atoms with Crippen LogP contribution in [-0.4, -0.2) is 0 Å². The first-order chi connectivity index (χ1) is 9.78. The number of halogens is 1. The van der Waals surface area contributed by atoms with Crippen molar-refractivity contribution in [1.29, 1.82) is 5.26 Å². The van der Waals surface area contributed by atoms with E-state index in [9.17, 15) is 5.26 Å². The van der Waals surface area contributed by atoms with Gasteiger partial charge in [0.2, 0.25) is 0 Å². The van der Waals surface area contributed by atoms with Gasteiger partial charge >= 0.3 is 0 Å². The van der Waals surface area contributed by atoms with Gasteiger partial charge in [-0.15, -0.1) is 0 Å². The summed E-state index contributed by atoms with van der Waals surface area (Å²) in [6, 6.07) is 21.6. The van der Waals surface area contributed by atoms with Gasteiger partial charge in [0.15, 0.2) is 0 Å². The predicted molar refractivity (Wildman–Crippen MR) is 83.4 cm³/mol. The summed E-state index contributed by atoms with van der Waals surface area (Å²) in [7, 11) is 0. The predicted octanol–water partition coefficient (Wildman–Crippen LogP) is 5.11. The van der Waals surface area contributed by atoms with Crippen LogP contribution in [0.1, 0.15) is 5.56 Å². The van der Waals surface area contributed by atoms with Crippen LogP contribution in [0.25, 0.3) is 10.8 Å². The quantitative estimate of drug-likeness (QED) is 0.707. The van der Waals surface area contributed by atoms with E-state index in [4.69, 9.17) is 11.6 Å². The number of benzene rings is 3. The third-order valence-electron chi connectivity index (χ3n) is 3.16. The van der Waals surface area contributed by atoms with Gasteiger partial charge < -0.3 is 5.32 Å². The van der Waals surface area contributed by atoms with E-state index >= 15 is 0 Å². The molecule has 0 bridgehead atoms. The molecule has 0 atom stereocenters. The lowest BCUT2D eigenvalue weighted by Crippen LogP contribution is -1.94. The zero-order chi connectivity index (χ0) is 13.9. The van der Waals surface area contributed by atoms with E-state index in [1.165, 1.54) is 0 Å². The van der Waals surface area contributed by atoms with Crippen molar-refractivity contribution in [2.45, 2.75) is 0 Å². The summed E-state index contributed by atoms with van der Waals surface area (Å²) >= 11 is 5.91. The van der Waals surface area contributed by atoms with E-state index in [2.05, 4.69) is 29.6 Å². The Bertz CT molecular complexity index is 813. The zero-order valence-corrected chi connectivity index (χ0v) is 11.4. The van der Waals surface area contributed by atoms with Crippen molar-refractivity contribution in [3.8, 4) is 6.07 Å². The number of hydrogen-bond donors (Lipinski definition) is 1. The van der Waals surface area contributed by atoms with E-state index in [0.29, 0.717) is 10.6 Å². The number of hydrogen-bond acceptors (Lipinski definition) is 2. The standard InChI is InChI=1S/C17H11ClN2/c18-14-8-9-16(13(10-14)11-19)20-17-7-3-5-12-4-1-2-6-15(12)17/h1-10,20H. The van der Waals surface area contributed by atoms with Crippen LogP contribution in [0.3, 0.4) is 0 Å². The van der Waals surface area contributed by atoms with Gasteiger partial charge in [-0.1, -0.05) is 48.0 Å². The van der Waals surface area contributed by atoms with Crippen LogP contribution < -0.4 is 5.32 Å². The smallest absolute Gasteiger partial charge is 0.101 e. The average molecular weight is 279 g/mol. The molecule has 1 N–H and O–H groups in total. The summed E-state index contributed by atoms with van der Waals surface area (Å²) in [5.74, 6) is 0. The summed E-state index contributed by atoms with van der Waals surface area (Å²) in [6.45, 7) is 0. The van der Waals surface area contributed by atoms with Gasteiger partial charge in [0.25, 0.3) is 0 Å². The number of nitriles is 1. The maximum absolute atomic E-state index is 9.19. The fraction of sp³-hybridized carbons (Fsp3) is 0. The molecule has 0 saturated carbocycles. The minimum atomic E-state index is 0.533. The summed E-state index contributed by atoms with van der Waals surface area (Å²) in [5, 5.41) is 15.3. The molecule has 0 amide bonds. The Morgan fingerprint density at radius 2 is 1.70 bits per heavy atom. The van der Waals surface area contributed by atoms with E-state index in [1.807, 2.05) is 30.3 Å². The molecule has 0 unspecified atom stereocenters. The Morgan fingerprint density at radius 3 is 2.55 bits per heavy atom. The van der Waals surface area contributed by atoms with Crippen LogP contribution in [0, 0.1) is 11.3 Å². The van der Waals surface area contributed by atoms with E-state index < -0.39 is 0 Å². The van der Waals surface area contributed by atoms with Gasteiger partial charge in [-0.2, -0.15) is 5.26 Å². The van der Waals surface area contributed by atoms with Crippen LogP contribution >= 0.6 is 11.6 Å². The Balaban J connectivity index is 2.08. The van der Waals surface area contributed by atoms with Crippen LogP contribution in [0.5, 0.6) is 0 Å². The number of fused-ring (bicyclic) bond motifs is 1. The zero-order valence-electron chi connectivity index (χ0n) is 10.6. The van der Waals surface area contributed by atoms with Gasteiger partial charge in [0.05, 0.1) is 11.3 Å². The molecule has 0 aromatic heterocycles. The van der Waals surface area contributed by atoms with Gasteiger partial charge in [0.1, 0.15) is 6.07 Å². The van der Waals surface area contributed by atoms with Gasteiger partial charge in [0, 0.05) is 16.1 Å². The Kier molecular flexibility index (Phi) is 3.28. The highest BCUT2D eigenvalue weighted by molar-refractivity contribution is 6.30. The second-order valence-corrected chi connectivity index (χ2v) is 4.89. The average Bonchev–Trinajstić information content (AvgIpc) is 2.49. The molecular formula is C17H11ClN2. The molecule has 0 fully saturated rings. The fourth-order valence-electron chi connectivity index (χ4n) is 2.20. The van der Waals surface area contributed by atoms with Gasteiger partial charge in [-0.05, 0) is 29.7 Å². The summed E-state index contributed by atoms with van der Waals surface area (Å²) in [4.78, 5) is 0. The second kappa shape index (κ2) is 5.24. The molecule has 0 aliphatic heterocycles. The molecule has 0 spiro atoms. The third kappa shape index (κ3) is 2.32. The minimum Gasteiger partial charge on any atom is -0.354 e. The molecule has 3 aromatic rings. The van der Waals surface area contributed by atoms with E-state index in [1.54, 1.807) is 12.1 Å². The first-order valence-corrected chi connectivity index (χ1v) is 6.60. The molecule has 0 heterocycles. The highest BCUT2D eigenvalue weighted by Crippen LogP contribution is 2.28. The molecular weight excluding hydrogens is 268 g/mol. The molecule has 0 aliphatic carbocycles. The molecule has 20 heavy (non-hydrogen) atoms. The summed E-state index contributed by atoms with van der Waals surface area (Å²) < 4.78 is 0. The lowest BCUT2D eigenvalue weighted by Gasteiger charge is -2.11. The molecule has 96 valence electrons. The van der Waals surface area contributed by atoms with Crippen molar-refractivity contribution in [3.05, 3.63) is 71.2 Å². The number of nitrogens with zero attached hydrogens (tertiary/aromatic N) is 1. The lowest BCUT2D eigenvalue weighted by molar-refractivity contribution is 1.47. The number of rotatable bonds is 2. The normalized spacial score (nSPS) is 10.2. The summed E-state index contributed by atoms with van der Waals surface area (Å²) in [5.41, 5.74) is 2.26. The van der Waals surface area contributed by atoms with Crippen molar-refractivity contribution < 1.29 is 0 Å². The van der Waals surface area contributed by atoms with Crippen molar-refractivity contribution in [3.63, 3.8) is 0 Å². The second-order valence-electron chi connectivity index (χ2n) is 4.45. The Hall–Kier alpha value is -2.50. The van der Waals surface area contributed by atoms with E-state index in [0.717, 1.165) is 22.1 Å². The molecule has 3 rings (SSSR count). The first-order valence-electron chi connectivity index (χ1n) is 6.22. The van der Waals surface area contributed by atoms with Crippen molar-refractivity contribution in [2.75, 3.05) is 5.32 Å². The first kappa shape index (κ1) is 12.5. The Morgan fingerprint density at radius 1 is 0.900 bits per heavy atom. The highest BCUT2D eigenvalue weighted by atomic mass is 35.5. The monoisotopic (exact) mass is 278 g/mol. The van der Waals surface area contributed by atoms with Crippen molar-refractivity contribution in [2.24, 2.45) is 0 Å². The van der Waals surface area contributed by atoms with Crippen molar-refractivity contribution >= 4 is 33.7 Å². The largest absolute Gasteiger partial charge is 0.354 e. The van der Waals surface area contributed by atoms with Gasteiger partial charge in [-0.3, -0.25) is 0 Å². The molecule has 3 aromatic carbocycles. The maximum atomic E-state index is 9.19. The molecule has 0 saturated heterocycles. The van der Waals surface area contributed by atoms with Crippen LogP contribution in [0.2, 0.25) is 5.02 Å². The third-order valence-corrected chi connectivity index (χ3v) is 3.40. The maximum Gasteiger partial charge on any atom is 0.101 e. The lowest BCUT2D eigenvalue weighted by atomic mass is 10.1. The van der Waals surface area contributed by atoms with Crippen LogP contribution in [-0.2, 0) is 0 Å². The van der Waals surface area contributed by atoms with E-state index in [-0.39, 0.29) is 0 Å². The Labute approximate surface area is 122 Å². The molecule has 0 radical (unpaired) electrons. The topological polar surface area (TPSA) is 35.8 Å². The number of anilines is 2. The molecule has 2 nitrogen and oxygen atoms in total. The summed E-state index contributed by atoms with van der Waals surface area (Å²) in [6.07, 6.45) is 0. The molecule has 3 heteroatoms. The van der Waals surface area contributed by atoms with Crippen LogP contribution in [0.15, 0.2) is 60.7 Å². The number of nitrogens with one attached hydrogen (secondary N) is 1. The van der Waals surface area contributed by atoms with Crippen LogP contribution in [0.4, 0.5) is 11.4 Å². The highest BCUT2D eigenvalue weighted by Gasteiger charge is 2.05. The minimum absolute atomic E-state index is 0.533. The van der Waals surface area contributed by atoms with Crippen molar-refractivity contribution in [1.82, 2.24) is 0 Å². The molecule has 0 aliphatic rings.